The van der Waals surface area contributed by atoms with Gasteiger partial charge in [0.2, 0.25) is 5.89 Å². The zero-order valence-corrected chi connectivity index (χ0v) is 24.7. The molecule has 1 saturated heterocycles. The molecule has 3 aromatic rings. The first kappa shape index (κ1) is 28.3. The molecule has 0 saturated carbocycles. The smallest absolute Gasteiger partial charge is 0.307 e. The molecular weight excluding hydrogens is 492 g/mol. The molecule has 1 aliphatic rings. The van der Waals surface area contributed by atoms with Gasteiger partial charge in [0.15, 0.2) is 14.1 Å². The summed E-state index contributed by atoms with van der Waals surface area (Å²) in [4.78, 5) is 20.2. The van der Waals surface area contributed by atoms with Crippen LogP contribution in [0.2, 0.25) is 18.1 Å². The Balaban J connectivity index is 1.71. The molecule has 7 heteroatoms. The summed E-state index contributed by atoms with van der Waals surface area (Å²) in [5.41, 5.74) is 2.73. The van der Waals surface area contributed by atoms with Crippen LogP contribution in [-0.2, 0) is 14.0 Å². The van der Waals surface area contributed by atoms with E-state index in [4.69, 9.17) is 18.6 Å². The predicted molar refractivity (Wildman–Crippen MR) is 154 cm³/mol. The van der Waals surface area contributed by atoms with Crippen molar-refractivity contribution < 1.29 is 18.4 Å². The molecule has 204 valence electrons. The van der Waals surface area contributed by atoms with Crippen molar-refractivity contribution in [2.24, 2.45) is 0 Å². The molecular formula is C31H42N2O4Si. The first-order valence-corrected chi connectivity index (χ1v) is 16.7. The quantitative estimate of drug-likeness (QED) is 0.198. The molecule has 2 aromatic carbocycles. The van der Waals surface area contributed by atoms with Gasteiger partial charge in [0.1, 0.15) is 5.69 Å². The monoisotopic (exact) mass is 534 g/mol. The summed E-state index contributed by atoms with van der Waals surface area (Å²) in [7, 11) is -1.91. The molecule has 2 heterocycles. The molecule has 0 amide bonds. The largest absolute Gasteiger partial charge is 0.466 e. The fourth-order valence-corrected chi connectivity index (χ4v) is 5.79. The number of esters is 1. The lowest BCUT2D eigenvalue weighted by Crippen LogP contribution is -2.45. The standard InChI is InChI=1S/C31H42N2O4Si/c1-7-35-27(34)21-26(33-20-14-19-25(33)22-36-38(5,6)31(2,3)4)30-32-28(23-15-10-8-11-16-23)29(37-30)24-17-12-9-13-18-24/h8-13,15-18,25-26H,7,14,19-22H2,1-6H3. The fourth-order valence-electron chi connectivity index (χ4n) is 4.75. The van der Waals surface area contributed by atoms with Crippen molar-refractivity contribution in [1.82, 2.24) is 9.88 Å². The summed E-state index contributed by atoms with van der Waals surface area (Å²) in [6, 6.07) is 20.0. The first-order valence-electron chi connectivity index (χ1n) is 13.8. The van der Waals surface area contributed by atoms with E-state index in [2.05, 4.69) is 38.8 Å². The number of nitrogens with zero attached hydrogens (tertiary/aromatic N) is 2. The van der Waals surface area contributed by atoms with Crippen molar-refractivity contribution in [3.63, 3.8) is 0 Å². The Morgan fingerprint density at radius 3 is 2.32 bits per heavy atom. The predicted octanol–water partition coefficient (Wildman–Crippen LogP) is 7.49. The van der Waals surface area contributed by atoms with E-state index in [9.17, 15) is 4.79 Å². The van der Waals surface area contributed by atoms with E-state index in [1.54, 1.807) is 0 Å². The fraction of sp³-hybridized carbons (Fsp3) is 0.484. The Morgan fingerprint density at radius 1 is 1.08 bits per heavy atom. The van der Waals surface area contributed by atoms with Crippen LogP contribution in [0.5, 0.6) is 0 Å². The van der Waals surface area contributed by atoms with E-state index in [0.29, 0.717) is 24.9 Å². The van der Waals surface area contributed by atoms with Gasteiger partial charge in [0.05, 0.1) is 19.1 Å². The molecule has 0 spiro atoms. The van der Waals surface area contributed by atoms with E-state index < -0.39 is 8.32 Å². The highest BCUT2D eigenvalue weighted by Gasteiger charge is 2.41. The SMILES string of the molecule is CCOC(=O)CC(c1nc(-c2ccccc2)c(-c2ccccc2)o1)N1CCCC1CO[Si](C)(C)C(C)(C)C. The number of hydrogen-bond acceptors (Lipinski definition) is 6. The average molecular weight is 535 g/mol. The van der Waals surface area contributed by atoms with Crippen molar-refractivity contribution in [2.75, 3.05) is 19.8 Å². The summed E-state index contributed by atoms with van der Waals surface area (Å²) in [5, 5.41) is 0.137. The summed E-state index contributed by atoms with van der Waals surface area (Å²) < 4.78 is 18.6. The number of carbonyl (C=O) groups is 1. The number of carbonyl (C=O) groups excluding carboxylic acids is 1. The van der Waals surface area contributed by atoms with Crippen molar-refractivity contribution in [3.8, 4) is 22.6 Å². The number of aromatic nitrogens is 1. The average Bonchev–Trinajstić information content (AvgIpc) is 3.54. The lowest BCUT2D eigenvalue weighted by molar-refractivity contribution is -0.145. The van der Waals surface area contributed by atoms with Crippen LogP contribution < -0.4 is 0 Å². The van der Waals surface area contributed by atoms with Crippen LogP contribution in [0.3, 0.4) is 0 Å². The lowest BCUT2D eigenvalue weighted by atomic mass is 10.1. The van der Waals surface area contributed by atoms with Gasteiger partial charge in [-0.3, -0.25) is 9.69 Å². The second-order valence-corrected chi connectivity index (χ2v) is 16.4. The van der Waals surface area contributed by atoms with Gasteiger partial charge in [0.25, 0.3) is 0 Å². The Kier molecular flexibility index (Phi) is 8.91. The van der Waals surface area contributed by atoms with E-state index in [-0.39, 0.29) is 29.5 Å². The molecule has 6 nitrogen and oxygen atoms in total. The van der Waals surface area contributed by atoms with Gasteiger partial charge < -0.3 is 13.6 Å². The minimum atomic E-state index is -1.91. The number of benzene rings is 2. The number of likely N-dealkylation sites (tertiary alicyclic amines) is 1. The van der Waals surface area contributed by atoms with Crippen LogP contribution in [0.25, 0.3) is 22.6 Å². The van der Waals surface area contributed by atoms with E-state index in [1.807, 2.05) is 67.6 Å². The van der Waals surface area contributed by atoms with Crippen LogP contribution in [0.4, 0.5) is 0 Å². The highest BCUT2D eigenvalue weighted by atomic mass is 28.4. The van der Waals surface area contributed by atoms with Crippen LogP contribution in [0.1, 0.15) is 58.9 Å². The van der Waals surface area contributed by atoms with Crippen molar-refractivity contribution in [2.45, 2.75) is 77.2 Å². The molecule has 1 fully saturated rings. The van der Waals surface area contributed by atoms with Crippen LogP contribution in [0.15, 0.2) is 65.1 Å². The number of hydrogen-bond donors (Lipinski definition) is 0. The van der Waals surface area contributed by atoms with E-state index >= 15 is 0 Å². The zero-order chi connectivity index (χ0) is 27.3. The van der Waals surface area contributed by atoms with E-state index in [0.717, 1.165) is 36.2 Å². The number of oxazole rings is 1. The van der Waals surface area contributed by atoms with Crippen LogP contribution in [0, 0.1) is 0 Å². The van der Waals surface area contributed by atoms with Gasteiger partial charge in [-0.25, -0.2) is 4.98 Å². The Bertz CT molecular complexity index is 1130. The third kappa shape index (κ3) is 6.45. The van der Waals surface area contributed by atoms with Crippen molar-refractivity contribution in [3.05, 3.63) is 66.6 Å². The van der Waals surface area contributed by atoms with E-state index in [1.165, 1.54) is 0 Å². The topological polar surface area (TPSA) is 64.8 Å². The second kappa shape index (κ2) is 12.0. The Hall–Kier alpha value is -2.74. The number of ether oxygens (including phenoxy) is 1. The second-order valence-electron chi connectivity index (χ2n) is 11.6. The van der Waals surface area contributed by atoms with Gasteiger partial charge in [-0.2, -0.15) is 0 Å². The third-order valence-electron chi connectivity index (χ3n) is 7.94. The molecule has 0 bridgehead atoms. The van der Waals surface area contributed by atoms with Crippen molar-refractivity contribution in [1.29, 1.82) is 0 Å². The Morgan fingerprint density at radius 2 is 1.71 bits per heavy atom. The summed E-state index contributed by atoms with van der Waals surface area (Å²) >= 11 is 0. The van der Waals surface area contributed by atoms with Gasteiger partial charge in [-0.1, -0.05) is 81.4 Å². The minimum Gasteiger partial charge on any atom is -0.466 e. The normalized spacial score (nSPS) is 17.5. The van der Waals surface area contributed by atoms with Gasteiger partial charge in [-0.05, 0) is 44.4 Å². The third-order valence-corrected chi connectivity index (χ3v) is 12.4. The molecule has 0 N–H and O–H groups in total. The van der Waals surface area contributed by atoms with Crippen LogP contribution >= 0.6 is 0 Å². The van der Waals surface area contributed by atoms with Gasteiger partial charge in [0, 0.05) is 23.8 Å². The number of rotatable bonds is 10. The molecule has 4 rings (SSSR count). The molecule has 2 unspecified atom stereocenters. The molecule has 1 aliphatic heterocycles. The maximum Gasteiger partial charge on any atom is 0.307 e. The first-order chi connectivity index (χ1) is 18.1. The highest BCUT2D eigenvalue weighted by molar-refractivity contribution is 6.74. The zero-order valence-electron chi connectivity index (χ0n) is 23.7. The Labute approximate surface area is 228 Å². The highest BCUT2D eigenvalue weighted by Crippen LogP contribution is 2.40. The molecule has 0 aliphatic carbocycles. The lowest BCUT2D eigenvalue weighted by Gasteiger charge is -2.38. The molecule has 1 aromatic heterocycles. The summed E-state index contributed by atoms with van der Waals surface area (Å²) in [6.07, 6.45) is 2.25. The van der Waals surface area contributed by atoms with Gasteiger partial charge in [-0.15, -0.1) is 0 Å². The summed E-state index contributed by atoms with van der Waals surface area (Å²) in [5.74, 6) is 1.03. The van der Waals surface area contributed by atoms with Crippen LogP contribution in [-0.4, -0.2) is 50.0 Å². The molecule has 0 radical (unpaired) electrons. The van der Waals surface area contributed by atoms with Crippen molar-refractivity contribution >= 4 is 14.3 Å². The minimum absolute atomic E-state index is 0.137. The van der Waals surface area contributed by atoms with Gasteiger partial charge >= 0.3 is 5.97 Å². The molecule has 38 heavy (non-hydrogen) atoms. The molecule has 2 atom stereocenters. The maximum absolute atomic E-state index is 12.8. The summed E-state index contributed by atoms with van der Waals surface area (Å²) in [6.45, 7) is 15.1. The maximum atomic E-state index is 12.8.